The average Bonchev–Trinajstić information content (AvgIpc) is 3.31. The Balaban J connectivity index is 1.51. The van der Waals surface area contributed by atoms with Gasteiger partial charge in [0.15, 0.2) is 6.61 Å². The van der Waals surface area contributed by atoms with Crippen molar-refractivity contribution in [1.82, 2.24) is 4.90 Å². The van der Waals surface area contributed by atoms with Crippen LogP contribution in [0.3, 0.4) is 0 Å². The van der Waals surface area contributed by atoms with Gasteiger partial charge in [-0.2, -0.15) is 0 Å². The summed E-state index contributed by atoms with van der Waals surface area (Å²) in [5.41, 5.74) is 2.19. The van der Waals surface area contributed by atoms with Gasteiger partial charge < -0.3 is 15.0 Å². The van der Waals surface area contributed by atoms with Gasteiger partial charge in [-0.1, -0.05) is 38.1 Å². The maximum atomic E-state index is 12.5. The number of amides is 2. The van der Waals surface area contributed by atoms with Crippen LogP contribution in [0, 0.1) is 0 Å². The van der Waals surface area contributed by atoms with Crippen molar-refractivity contribution in [2.75, 3.05) is 30.8 Å². The summed E-state index contributed by atoms with van der Waals surface area (Å²) in [7, 11) is 0. The second-order valence-corrected chi connectivity index (χ2v) is 8.79. The summed E-state index contributed by atoms with van der Waals surface area (Å²) < 4.78 is 5.21. The smallest absolute Gasteiger partial charge is 0.339 e. The van der Waals surface area contributed by atoms with Crippen molar-refractivity contribution < 1.29 is 19.1 Å². The van der Waals surface area contributed by atoms with E-state index in [0.717, 1.165) is 25.9 Å². The summed E-state index contributed by atoms with van der Waals surface area (Å²) in [5, 5.41) is 2.73. The van der Waals surface area contributed by atoms with Gasteiger partial charge in [-0.3, -0.25) is 9.59 Å². The number of nitrogens with zero attached hydrogens (tertiary/aromatic N) is 1. The summed E-state index contributed by atoms with van der Waals surface area (Å²) in [6.07, 6.45) is 2.09. The number of carbonyl (C=O) groups is 3. The van der Waals surface area contributed by atoms with Gasteiger partial charge in [0.1, 0.15) is 0 Å². The fourth-order valence-corrected chi connectivity index (χ4v) is 4.26. The molecule has 1 N–H and O–H groups in total. The first kappa shape index (κ1) is 22.9. The van der Waals surface area contributed by atoms with Crippen LogP contribution in [-0.4, -0.2) is 48.1 Å². The number of benzene rings is 2. The van der Waals surface area contributed by atoms with Crippen molar-refractivity contribution in [2.24, 2.45) is 0 Å². The molecular weight excluding hydrogens is 412 g/mol. The molecule has 0 spiro atoms. The maximum absolute atomic E-state index is 12.5. The van der Waals surface area contributed by atoms with Gasteiger partial charge in [0, 0.05) is 23.7 Å². The fraction of sp³-hybridized carbons (Fsp3) is 0.375. The Kier molecular flexibility index (Phi) is 8.12. The van der Waals surface area contributed by atoms with Crippen molar-refractivity contribution in [3.05, 3.63) is 59.7 Å². The van der Waals surface area contributed by atoms with Gasteiger partial charge in [-0.25, -0.2) is 4.79 Å². The molecule has 3 rings (SSSR count). The third-order valence-electron chi connectivity index (χ3n) is 5.11. The predicted octanol–water partition coefficient (Wildman–Crippen LogP) is 4.32. The Bertz CT molecular complexity index is 921. The summed E-state index contributed by atoms with van der Waals surface area (Å²) in [6.45, 7) is 5.43. The number of ether oxygens (including phenoxy) is 1. The van der Waals surface area contributed by atoms with Crippen LogP contribution in [0.2, 0.25) is 0 Å². The topological polar surface area (TPSA) is 75.7 Å². The molecule has 164 valence electrons. The lowest BCUT2D eigenvalue weighted by Crippen LogP contribution is -2.29. The normalized spacial score (nSPS) is 13.3. The van der Waals surface area contributed by atoms with Crippen molar-refractivity contribution >= 4 is 35.2 Å². The Morgan fingerprint density at radius 2 is 1.71 bits per heavy atom. The highest BCUT2D eigenvalue weighted by molar-refractivity contribution is 8.00. The average molecular weight is 441 g/mol. The molecule has 31 heavy (non-hydrogen) atoms. The lowest BCUT2D eigenvalue weighted by Gasteiger charge is -2.15. The SMILES string of the molecule is CC(C)c1ccc(NC(=O)COC(=O)c2ccccc2SCC(=O)N2CCCC2)cc1. The Morgan fingerprint density at radius 1 is 1.03 bits per heavy atom. The molecular formula is C24H28N2O4S. The first-order valence-electron chi connectivity index (χ1n) is 10.5. The zero-order chi connectivity index (χ0) is 22.2. The molecule has 1 heterocycles. The fourth-order valence-electron chi connectivity index (χ4n) is 3.32. The number of rotatable bonds is 8. The molecule has 2 aromatic rings. The second kappa shape index (κ2) is 11.0. The molecule has 2 amide bonds. The molecule has 0 radical (unpaired) electrons. The van der Waals surface area contributed by atoms with E-state index in [2.05, 4.69) is 19.2 Å². The first-order chi connectivity index (χ1) is 14.9. The maximum Gasteiger partial charge on any atom is 0.339 e. The lowest BCUT2D eigenvalue weighted by molar-refractivity contribution is -0.127. The summed E-state index contributed by atoms with van der Waals surface area (Å²) in [5.74, 6) is -0.221. The number of esters is 1. The molecule has 0 aromatic heterocycles. The molecule has 1 aliphatic heterocycles. The quantitative estimate of drug-likeness (QED) is 0.489. The van der Waals surface area contributed by atoms with E-state index in [1.54, 1.807) is 18.2 Å². The number of nitrogens with one attached hydrogen (secondary N) is 1. The lowest BCUT2D eigenvalue weighted by atomic mass is 10.0. The number of thioether (sulfide) groups is 1. The summed E-state index contributed by atoms with van der Waals surface area (Å²) in [4.78, 5) is 39.5. The molecule has 7 heteroatoms. The van der Waals surface area contributed by atoms with Crippen LogP contribution in [0.5, 0.6) is 0 Å². The molecule has 0 saturated carbocycles. The van der Waals surface area contributed by atoms with Gasteiger partial charge in [0.05, 0.1) is 11.3 Å². The number of hydrogen-bond donors (Lipinski definition) is 1. The van der Waals surface area contributed by atoms with Gasteiger partial charge >= 0.3 is 5.97 Å². The number of anilines is 1. The molecule has 0 unspecified atom stereocenters. The van der Waals surface area contributed by atoms with E-state index in [9.17, 15) is 14.4 Å². The zero-order valence-electron chi connectivity index (χ0n) is 17.9. The van der Waals surface area contributed by atoms with E-state index >= 15 is 0 Å². The summed E-state index contributed by atoms with van der Waals surface area (Å²) >= 11 is 1.32. The van der Waals surface area contributed by atoms with Crippen molar-refractivity contribution in [2.45, 2.75) is 37.5 Å². The van der Waals surface area contributed by atoms with Crippen LogP contribution in [0.4, 0.5) is 5.69 Å². The molecule has 0 bridgehead atoms. The second-order valence-electron chi connectivity index (χ2n) is 7.77. The van der Waals surface area contributed by atoms with Gasteiger partial charge in [-0.05, 0) is 48.6 Å². The highest BCUT2D eigenvalue weighted by Gasteiger charge is 2.20. The molecule has 2 aromatic carbocycles. The number of likely N-dealkylation sites (tertiary alicyclic amines) is 1. The molecule has 1 aliphatic rings. The van der Waals surface area contributed by atoms with E-state index in [1.165, 1.54) is 17.3 Å². The van der Waals surface area contributed by atoms with E-state index in [1.807, 2.05) is 35.2 Å². The molecule has 6 nitrogen and oxygen atoms in total. The molecule has 0 aliphatic carbocycles. The minimum atomic E-state index is -0.581. The summed E-state index contributed by atoms with van der Waals surface area (Å²) in [6, 6.07) is 14.6. The van der Waals surface area contributed by atoms with Gasteiger partial charge in [0.2, 0.25) is 5.91 Å². The van der Waals surface area contributed by atoms with Crippen molar-refractivity contribution in [3.8, 4) is 0 Å². The van der Waals surface area contributed by atoms with Crippen molar-refractivity contribution in [1.29, 1.82) is 0 Å². The Morgan fingerprint density at radius 3 is 2.39 bits per heavy atom. The van der Waals surface area contributed by atoms with E-state index in [0.29, 0.717) is 22.1 Å². The number of carbonyl (C=O) groups excluding carboxylic acids is 3. The van der Waals surface area contributed by atoms with E-state index < -0.39 is 11.9 Å². The van der Waals surface area contributed by atoms with Crippen LogP contribution in [0.1, 0.15) is 48.5 Å². The minimum absolute atomic E-state index is 0.0773. The van der Waals surface area contributed by atoms with Gasteiger partial charge in [0.25, 0.3) is 5.91 Å². The zero-order valence-corrected chi connectivity index (χ0v) is 18.7. The van der Waals surface area contributed by atoms with Gasteiger partial charge in [-0.15, -0.1) is 11.8 Å². The van der Waals surface area contributed by atoms with Crippen LogP contribution in [0.25, 0.3) is 0 Å². The third-order valence-corrected chi connectivity index (χ3v) is 6.17. The van der Waals surface area contributed by atoms with E-state index in [4.69, 9.17) is 4.74 Å². The van der Waals surface area contributed by atoms with Crippen molar-refractivity contribution in [3.63, 3.8) is 0 Å². The highest BCUT2D eigenvalue weighted by atomic mass is 32.2. The molecule has 0 atom stereocenters. The standard InChI is InChI=1S/C24H28N2O4S/c1-17(2)18-9-11-19(12-10-18)25-22(27)15-30-24(29)20-7-3-4-8-21(20)31-16-23(28)26-13-5-6-14-26/h3-4,7-12,17H,5-6,13-16H2,1-2H3,(H,25,27). The Labute approximate surface area is 187 Å². The van der Waals surface area contributed by atoms with Crippen LogP contribution in [-0.2, 0) is 14.3 Å². The Hall–Kier alpha value is -2.80. The largest absolute Gasteiger partial charge is 0.452 e. The first-order valence-corrected chi connectivity index (χ1v) is 11.5. The third kappa shape index (κ3) is 6.59. The molecule has 1 saturated heterocycles. The minimum Gasteiger partial charge on any atom is -0.452 e. The van der Waals surface area contributed by atoms with E-state index in [-0.39, 0.29) is 18.3 Å². The molecule has 1 fully saturated rings. The monoisotopic (exact) mass is 440 g/mol. The number of hydrogen-bond acceptors (Lipinski definition) is 5. The van der Waals surface area contributed by atoms with Crippen LogP contribution < -0.4 is 5.32 Å². The highest BCUT2D eigenvalue weighted by Crippen LogP contribution is 2.24. The van der Waals surface area contributed by atoms with Crippen LogP contribution >= 0.6 is 11.8 Å². The van der Waals surface area contributed by atoms with Crippen LogP contribution in [0.15, 0.2) is 53.4 Å². The predicted molar refractivity (Wildman–Crippen MR) is 122 cm³/mol.